The van der Waals surface area contributed by atoms with Gasteiger partial charge in [-0.15, -0.1) is 0 Å². The molecule has 1 saturated carbocycles. The number of aryl methyl sites for hydroxylation is 1. The maximum atomic E-state index is 11.4. The summed E-state index contributed by atoms with van der Waals surface area (Å²) in [4.78, 5) is 11.4. The first-order chi connectivity index (χ1) is 14.6. The Morgan fingerprint density at radius 2 is 1.97 bits per heavy atom. The second kappa shape index (κ2) is 7.45. The molecule has 2 aliphatic carbocycles. The highest BCUT2D eigenvalue weighted by Crippen LogP contribution is 2.45. The predicted octanol–water partition coefficient (Wildman–Crippen LogP) is 5.26. The fourth-order valence-electron chi connectivity index (χ4n) is 5.44. The lowest BCUT2D eigenvalue weighted by Crippen LogP contribution is -2.40. The van der Waals surface area contributed by atoms with Crippen molar-refractivity contribution in [1.29, 1.82) is 5.26 Å². The number of anilines is 1. The van der Waals surface area contributed by atoms with Crippen molar-refractivity contribution in [2.45, 2.75) is 44.6 Å². The number of halogens is 1. The summed E-state index contributed by atoms with van der Waals surface area (Å²) in [5, 5.41) is 26.2. The molecule has 0 radical (unpaired) electrons. The van der Waals surface area contributed by atoms with Crippen molar-refractivity contribution in [2.24, 2.45) is 16.9 Å². The molecule has 5 rings (SSSR count). The third-order valence-corrected chi connectivity index (χ3v) is 7.15. The number of carboxylic acid groups (broad SMARTS) is 1. The van der Waals surface area contributed by atoms with Gasteiger partial charge in [0.2, 0.25) is 0 Å². The van der Waals surface area contributed by atoms with Crippen molar-refractivity contribution in [3.63, 3.8) is 0 Å². The van der Waals surface area contributed by atoms with Gasteiger partial charge < -0.3 is 5.11 Å². The minimum atomic E-state index is -0.897. The summed E-state index contributed by atoms with van der Waals surface area (Å²) < 4.78 is 0. The van der Waals surface area contributed by atoms with E-state index in [0.29, 0.717) is 28.0 Å². The largest absolute Gasteiger partial charge is 0.478 e. The second-order valence-corrected chi connectivity index (χ2v) is 8.87. The first kappa shape index (κ1) is 19.1. The molecule has 1 fully saturated rings. The van der Waals surface area contributed by atoms with Crippen molar-refractivity contribution in [1.82, 2.24) is 0 Å². The van der Waals surface area contributed by atoms with Gasteiger partial charge in [0.05, 0.1) is 33.6 Å². The van der Waals surface area contributed by atoms with Crippen molar-refractivity contribution < 1.29 is 9.90 Å². The number of rotatable bonds is 3. The fraction of sp³-hybridized carbons (Fsp3) is 0.375. The van der Waals surface area contributed by atoms with Crippen LogP contribution < -0.4 is 5.01 Å². The smallest absolute Gasteiger partial charge is 0.335 e. The molecule has 1 unspecified atom stereocenters. The van der Waals surface area contributed by atoms with E-state index in [1.165, 1.54) is 25.7 Å². The summed E-state index contributed by atoms with van der Waals surface area (Å²) in [6.07, 6.45) is 6.75. The molecule has 1 heterocycles. The normalized spacial score (nSPS) is 22.9. The van der Waals surface area contributed by atoms with Gasteiger partial charge in [-0.2, -0.15) is 10.4 Å². The first-order valence-electron chi connectivity index (χ1n) is 10.5. The average molecular weight is 420 g/mol. The van der Waals surface area contributed by atoms with Crippen molar-refractivity contribution >= 4 is 29.0 Å². The molecule has 2 aromatic rings. The van der Waals surface area contributed by atoms with Gasteiger partial charge in [-0.3, -0.25) is 5.01 Å². The highest BCUT2D eigenvalue weighted by Gasteiger charge is 2.45. The number of aromatic carboxylic acids is 1. The number of nitrogens with zero attached hydrogens (tertiary/aromatic N) is 3. The highest BCUT2D eigenvalue weighted by atomic mass is 35.5. The van der Waals surface area contributed by atoms with Crippen molar-refractivity contribution in [3.05, 3.63) is 63.7 Å². The Morgan fingerprint density at radius 1 is 1.17 bits per heavy atom. The van der Waals surface area contributed by atoms with Gasteiger partial charge in [0.15, 0.2) is 0 Å². The summed E-state index contributed by atoms with van der Waals surface area (Å²) in [5.41, 5.74) is 4.91. The number of benzene rings is 2. The molecular formula is C24H22ClN3O2. The summed E-state index contributed by atoms with van der Waals surface area (Å²) in [7, 11) is 0. The average Bonchev–Trinajstić information content (AvgIpc) is 3.40. The zero-order chi connectivity index (χ0) is 20.8. The van der Waals surface area contributed by atoms with Crippen LogP contribution in [0.5, 0.6) is 0 Å². The molecule has 152 valence electrons. The summed E-state index contributed by atoms with van der Waals surface area (Å²) in [6.45, 7) is 0. The van der Waals surface area contributed by atoms with Gasteiger partial charge in [-0.05, 0) is 67.5 Å². The molecule has 2 aromatic carbocycles. The van der Waals surface area contributed by atoms with E-state index in [0.717, 1.165) is 35.4 Å². The van der Waals surface area contributed by atoms with Gasteiger partial charge in [-0.25, -0.2) is 4.79 Å². The molecule has 0 aromatic heterocycles. The Bertz CT molecular complexity index is 1100. The van der Waals surface area contributed by atoms with Gasteiger partial charge >= 0.3 is 5.97 Å². The van der Waals surface area contributed by atoms with E-state index >= 15 is 0 Å². The minimum Gasteiger partial charge on any atom is -0.478 e. The zero-order valence-corrected chi connectivity index (χ0v) is 17.3. The Hall–Kier alpha value is -2.84. The maximum absolute atomic E-state index is 11.4. The Balaban J connectivity index is 1.59. The zero-order valence-electron chi connectivity index (χ0n) is 16.5. The second-order valence-electron chi connectivity index (χ2n) is 8.46. The van der Waals surface area contributed by atoms with Crippen LogP contribution in [0.4, 0.5) is 5.69 Å². The van der Waals surface area contributed by atoms with E-state index in [-0.39, 0.29) is 6.04 Å². The minimum absolute atomic E-state index is 0.277. The first-order valence-corrected chi connectivity index (χ1v) is 10.9. The lowest BCUT2D eigenvalue weighted by Gasteiger charge is -2.34. The molecule has 0 spiro atoms. The number of carboxylic acids is 1. The van der Waals surface area contributed by atoms with E-state index in [1.54, 1.807) is 18.2 Å². The molecule has 0 saturated heterocycles. The number of nitriles is 1. The van der Waals surface area contributed by atoms with Crippen LogP contribution in [0.3, 0.4) is 0 Å². The highest BCUT2D eigenvalue weighted by molar-refractivity contribution is 6.32. The SMILES string of the molecule is N#Cc1ccc(N2N=C3c4ccc(C(=O)O)cc4CC[C@H]3C2C2CCCC2)cc1Cl. The van der Waals surface area contributed by atoms with Crippen LogP contribution in [-0.2, 0) is 6.42 Å². The van der Waals surface area contributed by atoms with Crippen LogP contribution in [0, 0.1) is 23.2 Å². The van der Waals surface area contributed by atoms with E-state index < -0.39 is 5.97 Å². The number of hydrogen-bond acceptors (Lipinski definition) is 4. The van der Waals surface area contributed by atoms with Gasteiger partial charge in [-0.1, -0.05) is 30.5 Å². The molecule has 2 atom stereocenters. The molecule has 3 aliphatic rings. The molecule has 5 nitrogen and oxygen atoms in total. The third-order valence-electron chi connectivity index (χ3n) is 6.83. The maximum Gasteiger partial charge on any atom is 0.335 e. The van der Waals surface area contributed by atoms with Crippen LogP contribution in [-0.4, -0.2) is 22.8 Å². The van der Waals surface area contributed by atoms with Crippen molar-refractivity contribution in [2.75, 3.05) is 5.01 Å². The third kappa shape index (κ3) is 3.07. The predicted molar refractivity (Wildman–Crippen MR) is 116 cm³/mol. The Kier molecular flexibility index (Phi) is 4.75. The van der Waals surface area contributed by atoms with Crippen LogP contribution >= 0.6 is 11.6 Å². The molecule has 1 aliphatic heterocycles. The van der Waals surface area contributed by atoms with E-state index in [4.69, 9.17) is 16.7 Å². The molecule has 0 amide bonds. The summed E-state index contributed by atoms with van der Waals surface area (Å²) >= 11 is 6.34. The molecular weight excluding hydrogens is 398 g/mol. The lowest BCUT2D eigenvalue weighted by molar-refractivity contribution is 0.0696. The Morgan fingerprint density at radius 3 is 2.67 bits per heavy atom. The van der Waals surface area contributed by atoms with Gasteiger partial charge in [0.25, 0.3) is 0 Å². The number of hydrogen-bond donors (Lipinski definition) is 1. The van der Waals surface area contributed by atoms with Gasteiger partial charge in [0, 0.05) is 11.5 Å². The molecule has 0 bridgehead atoms. The molecule has 30 heavy (non-hydrogen) atoms. The topological polar surface area (TPSA) is 76.7 Å². The summed E-state index contributed by atoms with van der Waals surface area (Å²) in [6, 6.07) is 13.3. The number of fused-ring (bicyclic) bond motifs is 3. The van der Waals surface area contributed by atoms with Gasteiger partial charge in [0.1, 0.15) is 6.07 Å². The van der Waals surface area contributed by atoms with E-state index in [2.05, 4.69) is 11.1 Å². The van der Waals surface area contributed by atoms with E-state index in [1.807, 2.05) is 18.2 Å². The van der Waals surface area contributed by atoms with Crippen LogP contribution in [0.1, 0.15) is 59.2 Å². The summed E-state index contributed by atoms with van der Waals surface area (Å²) in [5.74, 6) is 0.00201. The molecule has 6 heteroatoms. The number of carbonyl (C=O) groups is 1. The van der Waals surface area contributed by atoms with E-state index in [9.17, 15) is 15.2 Å². The van der Waals surface area contributed by atoms with Crippen LogP contribution in [0.25, 0.3) is 0 Å². The quantitative estimate of drug-likeness (QED) is 0.736. The fourth-order valence-corrected chi connectivity index (χ4v) is 5.66. The van der Waals surface area contributed by atoms with Crippen molar-refractivity contribution in [3.8, 4) is 6.07 Å². The van der Waals surface area contributed by atoms with Crippen LogP contribution in [0.2, 0.25) is 5.02 Å². The lowest BCUT2D eigenvalue weighted by atomic mass is 9.75. The standard InChI is InChI=1S/C24H22ClN3O2/c25-21-12-18(8-5-17(21)13-26)28-23(14-3-1-2-4-14)20-10-6-15-11-16(24(29)30)7-9-19(15)22(20)27-28/h5,7-9,11-12,14,20,23H,1-4,6,10H2,(H,29,30)/t20-,23?/m1/s1. The Labute approximate surface area is 180 Å². The monoisotopic (exact) mass is 419 g/mol. The van der Waals surface area contributed by atoms with Crippen LogP contribution in [0.15, 0.2) is 41.5 Å². The molecule has 1 N–H and O–H groups in total. The number of hydrazone groups is 1.